The molecule has 2 N–H and O–H groups in total. The van der Waals surface area contributed by atoms with E-state index in [1.54, 1.807) is 18.2 Å². The van der Waals surface area contributed by atoms with Crippen LogP contribution in [0.25, 0.3) is 0 Å². The minimum Gasteiger partial charge on any atom is -0.488 e. The van der Waals surface area contributed by atoms with Crippen molar-refractivity contribution < 1.29 is 19.0 Å². The Labute approximate surface area is 146 Å². The Balaban J connectivity index is 2.11. The molecule has 0 atom stereocenters. The predicted octanol–water partition coefficient (Wildman–Crippen LogP) is 3.99. The molecule has 2 aromatic rings. The number of benzene rings is 2. The van der Waals surface area contributed by atoms with E-state index in [-0.39, 0.29) is 18.7 Å². The second kappa shape index (κ2) is 8.29. The molecule has 0 aliphatic heterocycles. The lowest BCUT2D eigenvalue weighted by atomic mass is 10.2. The molecule has 0 spiro atoms. The largest absolute Gasteiger partial charge is 0.488 e. The first kappa shape index (κ1) is 17.7. The van der Waals surface area contributed by atoms with Crippen LogP contribution in [0, 0.1) is 5.82 Å². The van der Waals surface area contributed by atoms with Crippen molar-refractivity contribution >= 4 is 33.5 Å². The standard InChI is InChI=1S/C16H14BrClFNO3/c17-11-4-5-15(10(6-11)7-20-8-16(21)22)23-9-12-13(18)2-1-3-14(12)19/h1-6,20H,7-9H2,(H,21,22). The van der Waals surface area contributed by atoms with Crippen LogP contribution in [0.15, 0.2) is 40.9 Å². The molecule has 0 bridgehead atoms. The van der Waals surface area contributed by atoms with Crippen LogP contribution < -0.4 is 10.1 Å². The number of hydrogen-bond acceptors (Lipinski definition) is 3. The highest BCUT2D eigenvalue weighted by Gasteiger charge is 2.10. The van der Waals surface area contributed by atoms with Crippen molar-refractivity contribution in [2.75, 3.05) is 6.54 Å². The van der Waals surface area contributed by atoms with E-state index in [1.165, 1.54) is 12.1 Å². The van der Waals surface area contributed by atoms with Crippen LogP contribution in [0.4, 0.5) is 4.39 Å². The molecule has 0 radical (unpaired) electrons. The summed E-state index contributed by atoms with van der Waals surface area (Å²) in [5, 5.41) is 11.8. The van der Waals surface area contributed by atoms with Crippen LogP contribution in [0.3, 0.4) is 0 Å². The molecule has 2 aromatic carbocycles. The molecule has 0 unspecified atom stereocenters. The number of rotatable bonds is 7. The van der Waals surface area contributed by atoms with Gasteiger partial charge < -0.3 is 15.2 Å². The number of carboxylic acids is 1. The van der Waals surface area contributed by atoms with E-state index in [2.05, 4.69) is 21.2 Å². The molecule has 0 fully saturated rings. The van der Waals surface area contributed by atoms with E-state index in [1.807, 2.05) is 6.07 Å². The summed E-state index contributed by atoms with van der Waals surface area (Å²) < 4.78 is 20.3. The van der Waals surface area contributed by atoms with Gasteiger partial charge in [-0.3, -0.25) is 4.79 Å². The molecule has 0 saturated heterocycles. The quantitative estimate of drug-likeness (QED) is 0.735. The van der Waals surface area contributed by atoms with E-state index >= 15 is 0 Å². The van der Waals surface area contributed by atoms with Crippen LogP contribution in [0.2, 0.25) is 5.02 Å². The zero-order valence-corrected chi connectivity index (χ0v) is 14.3. The summed E-state index contributed by atoms with van der Waals surface area (Å²) in [6.07, 6.45) is 0. The van der Waals surface area contributed by atoms with Crippen molar-refractivity contribution in [2.24, 2.45) is 0 Å². The third-order valence-corrected chi connectivity index (χ3v) is 3.90. The van der Waals surface area contributed by atoms with Gasteiger partial charge in [0.25, 0.3) is 0 Å². The predicted molar refractivity (Wildman–Crippen MR) is 89.2 cm³/mol. The monoisotopic (exact) mass is 401 g/mol. The molecule has 0 aliphatic carbocycles. The number of carbonyl (C=O) groups is 1. The van der Waals surface area contributed by atoms with Gasteiger partial charge in [-0.15, -0.1) is 0 Å². The van der Waals surface area contributed by atoms with Gasteiger partial charge in [-0.2, -0.15) is 0 Å². The highest BCUT2D eigenvalue weighted by atomic mass is 79.9. The maximum absolute atomic E-state index is 13.8. The Morgan fingerprint density at radius 3 is 2.83 bits per heavy atom. The van der Waals surface area contributed by atoms with Gasteiger partial charge in [-0.25, -0.2) is 4.39 Å². The molecule has 7 heteroatoms. The molecule has 23 heavy (non-hydrogen) atoms. The Hall–Kier alpha value is -1.63. The highest BCUT2D eigenvalue weighted by Crippen LogP contribution is 2.26. The van der Waals surface area contributed by atoms with Gasteiger partial charge in [0.15, 0.2) is 0 Å². The van der Waals surface area contributed by atoms with Gasteiger partial charge in [-0.05, 0) is 30.3 Å². The van der Waals surface area contributed by atoms with Crippen LogP contribution in [-0.2, 0) is 17.9 Å². The van der Waals surface area contributed by atoms with Gasteiger partial charge in [0, 0.05) is 22.1 Å². The summed E-state index contributed by atoms with van der Waals surface area (Å²) in [5.41, 5.74) is 1.04. The lowest BCUT2D eigenvalue weighted by Gasteiger charge is -2.13. The number of carboxylic acid groups (broad SMARTS) is 1. The lowest BCUT2D eigenvalue weighted by Crippen LogP contribution is -2.22. The maximum atomic E-state index is 13.8. The van der Waals surface area contributed by atoms with Gasteiger partial charge in [-0.1, -0.05) is 33.6 Å². The molecular weight excluding hydrogens is 389 g/mol. The molecule has 0 aliphatic rings. The Morgan fingerprint density at radius 2 is 2.13 bits per heavy atom. The van der Waals surface area contributed by atoms with Crippen molar-refractivity contribution in [3.8, 4) is 5.75 Å². The molecule has 0 saturated carbocycles. The summed E-state index contributed by atoms with van der Waals surface area (Å²) in [6, 6.07) is 9.78. The smallest absolute Gasteiger partial charge is 0.317 e. The lowest BCUT2D eigenvalue weighted by molar-refractivity contribution is -0.136. The van der Waals surface area contributed by atoms with Gasteiger partial charge in [0.1, 0.15) is 18.2 Å². The van der Waals surface area contributed by atoms with Gasteiger partial charge in [0.2, 0.25) is 0 Å². The Morgan fingerprint density at radius 1 is 1.35 bits per heavy atom. The summed E-state index contributed by atoms with van der Waals surface area (Å²) in [5.74, 6) is -0.842. The van der Waals surface area contributed by atoms with Crippen molar-refractivity contribution in [1.82, 2.24) is 5.32 Å². The summed E-state index contributed by atoms with van der Waals surface area (Å²) >= 11 is 9.33. The number of halogens is 3. The van der Waals surface area contributed by atoms with Gasteiger partial charge in [0.05, 0.1) is 11.6 Å². The van der Waals surface area contributed by atoms with E-state index in [9.17, 15) is 9.18 Å². The van der Waals surface area contributed by atoms with E-state index < -0.39 is 11.8 Å². The van der Waals surface area contributed by atoms with E-state index in [0.29, 0.717) is 17.3 Å². The number of ether oxygens (including phenoxy) is 1. The second-order valence-corrected chi connectivity index (χ2v) is 6.06. The summed E-state index contributed by atoms with van der Waals surface area (Å²) in [6.45, 7) is 0.135. The minimum absolute atomic E-state index is 0.0148. The molecule has 4 nitrogen and oxygen atoms in total. The first-order valence-electron chi connectivity index (χ1n) is 6.74. The first-order valence-corrected chi connectivity index (χ1v) is 7.91. The maximum Gasteiger partial charge on any atom is 0.317 e. The third kappa shape index (κ3) is 5.20. The fraction of sp³-hybridized carbons (Fsp3) is 0.188. The second-order valence-electron chi connectivity index (χ2n) is 4.74. The topological polar surface area (TPSA) is 58.6 Å². The average Bonchev–Trinajstić information content (AvgIpc) is 2.48. The number of aliphatic carboxylic acids is 1. The minimum atomic E-state index is -0.944. The molecule has 2 rings (SSSR count). The summed E-state index contributed by atoms with van der Waals surface area (Å²) in [4.78, 5) is 10.6. The zero-order chi connectivity index (χ0) is 16.8. The van der Waals surface area contributed by atoms with Crippen LogP contribution in [0.5, 0.6) is 5.75 Å². The normalized spacial score (nSPS) is 10.6. The fourth-order valence-electron chi connectivity index (χ4n) is 1.95. The zero-order valence-electron chi connectivity index (χ0n) is 12.0. The molecule has 0 aromatic heterocycles. The van der Waals surface area contributed by atoms with Crippen molar-refractivity contribution in [2.45, 2.75) is 13.2 Å². The first-order chi connectivity index (χ1) is 11.0. The van der Waals surface area contributed by atoms with Crippen molar-refractivity contribution in [3.63, 3.8) is 0 Å². The van der Waals surface area contributed by atoms with Crippen molar-refractivity contribution in [1.29, 1.82) is 0 Å². The Kier molecular flexibility index (Phi) is 6.38. The van der Waals surface area contributed by atoms with Crippen LogP contribution >= 0.6 is 27.5 Å². The SMILES string of the molecule is O=C(O)CNCc1cc(Br)ccc1OCc1c(F)cccc1Cl. The van der Waals surface area contributed by atoms with E-state index in [0.717, 1.165) is 10.0 Å². The summed E-state index contributed by atoms with van der Waals surface area (Å²) in [7, 11) is 0. The fourth-order valence-corrected chi connectivity index (χ4v) is 2.58. The van der Waals surface area contributed by atoms with Crippen LogP contribution in [-0.4, -0.2) is 17.6 Å². The molecule has 0 heterocycles. The van der Waals surface area contributed by atoms with Gasteiger partial charge >= 0.3 is 5.97 Å². The molecule has 0 amide bonds. The Bertz CT molecular complexity index is 691. The highest BCUT2D eigenvalue weighted by molar-refractivity contribution is 9.10. The number of nitrogens with one attached hydrogen (secondary N) is 1. The van der Waals surface area contributed by atoms with Crippen molar-refractivity contribution in [3.05, 3.63) is 62.8 Å². The molecule has 122 valence electrons. The van der Waals surface area contributed by atoms with E-state index in [4.69, 9.17) is 21.4 Å². The molecular formula is C16H14BrClFNO3. The average molecular weight is 403 g/mol. The number of hydrogen-bond donors (Lipinski definition) is 2. The third-order valence-electron chi connectivity index (χ3n) is 3.05. The van der Waals surface area contributed by atoms with Crippen LogP contribution in [0.1, 0.15) is 11.1 Å².